The van der Waals surface area contributed by atoms with E-state index in [0.717, 1.165) is 39.3 Å². The molecular weight excluding hydrogens is 481 g/mol. The zero-order valence-corrected chi connectivity index (χ0v) is 18.4. The minimum absolute atomic E-state index is 0.188. The van der Waals surface area contributed by atoms with E-state index in [1.807, 2.05) is 0 Å². The van der Waals surface area contributed by atoms with Crippen molar-refractivity contribution in [3.05, 3.63) is 43.0 Å². The molecule has 23 heavy (non-hydrogen) atoms. The van der Waals surface area contributed by atoms with Gasteiger partial charge in [0.15, 0.2) is 0 Å². The van der Waals surface area contributed by atoms with Crippen molar-refractivity contribution in [1.82, 2.24) is 0 Å². The predicted molar refractivity (Wildman–Crippen MR) is 98.6 cm³/mol. The zero-order valence-electron chi connectivity index (χ0n) is 15.0. The van der Waals surface area contributed by atoms with Gasteiger partial charge in [0.2, 0.25) is 0 Å². The summed E-state index contributed by atoms with van der Waals surface area (Å²) in [5.74, 6) is 0. The zero-order chi connectivity index (χ0) is 16.8. The van der Waals surface area contributed by atoms with Crippen LogP contribution in [0.5, 0.6) is 0 Å². The molecule has 0 bridgehead atoms. The van der Waals surface area contributed by atoms with E-state index < -0.39 is 23.2 Å². The van der Waals surface area contributed by atoms with E-state index in [-0.39, 0.29) is 10.8 Å². The van der Waals surface area contributed by atoms with Gasteiger partial charge in [-0.15, -0.1) is 0 Å². The Morgan fingerprint density at radius 3 is 1.61 bits per heavy atom. The number of hydrogen-bond donors (Lipinski definition) is 0. The Hall–Kier alpha value is -0.237. The minimum atomic E-state index is -0.763. The molecule has 0 spiro atoms. The summed E-state index contributed by atoms with van der Waals surface area (Å²) >= 11 is -0.763. The Balaban J connectivity index is 1.86. The van der Waals surface area contributed by atoms with Crippen molar-refractivity contribution < 1.29 is 9.47 Å². The molecule has 2 aliphatic rings. The van der Waals surface area contributed by atoms with Crippen molar-refractivity contribution in [3.8, 4) is 0 Å². The van der Waals surface area contributed by atoms with E-state index in [9.17, 15) is 0 Å². The first kappa shape index (κ1) is 19.1. The van der Waals surface area contributed by atoms with Crippen LogP contribution >= 0.6 is 0 Å². The number of hydrogen-bond acceptors (Lipinski definition) is 2. The van der Waals surface area contributed by atoms with Gasteiger partial charge >= 0.3 is 154 Å². The Morgan fingerprint density at radius 1 is 0.870 bits per heavy atom. The maximum absolute atomic E-state index is 5.62. The van der Waals surface area contributed by atoms with Crippen LogP contribution in [-0.2, 0) is 9.47 Å². The average Bonchev–Trinajstić information content (AvgIpc) is 2.56. The van der Waals surface area contributed by atoms with E-state index in [2.05, 4.69) is 64.2 Å². The molecule has 0 heterocycles. The normalized spacial score (nSPS) is 30.3. The average molecular weight is 511 g/mol. The van der Waals surface area contributed by atoms with Gasteiger partial charge in [-0.3, -0.25) is 0 Å². The Morgan fingerprint density at radius 2 is 1.30 bits per heavy atom. The Kier molecular flexibility index (Phi) is 7.26. The molecule has 2 unspecified atom stereocenters. The molecule has 0 aromatic rings. The summed E-state index contributed by atoms with van der Waals surface area (Å²) in [4.78, 5) is 0. The van der Waals surface area contributed by atoms with Crippen molar-refractivity contribution in [2.45, 2.75) is 40.5 Å². The third-order valence-corrected chi connectivity index (χ3v) is 8.98. The molecule has 0 N–H and O–H groups in total. The van der Waals surface area contributed by atoms with E-state index in [1.165, 1.54) is 0 Å². The second-order valence-corrected chi connectivity index (χ2v) is 11.9. The van der Waals surface area contributed by atoms with Crippen LogP contribution in [-0.4, -0.2) is 49.7 Å². The topological polar surface area (TPSA) is 18.5 Å². The molecule has 2 aliphatic carbocycles. The monoisotopic (exact) mass is 511 g/mol. The van der Waals surface area contributed by atoms with Gasteiger partial charge in [-0.2, -0.15) is 0 Å². The second kappa shape index (κ2) is 8.74. The number of rotatable bonds is 8. The van der Waals surface area contributed by atoms with Gasteiger partial charge in [-0.1, -0.05) is 0 Å². The molecule has 0 aliphatic heterocycles. The third-order valence-electron chi connectivity index (χ3n) is 4.40. The second-order valence-electron chi connectivity index (χ2n) is 7.03. The molecule has 0 aromatic heterocycles. The molecule has 2 rings (SSSR count). The molecule has 0 aromatic carbocycles. The van der Waals surface area contributed by atoms with Crippen LogP contribution < -0.4 is 0 Å². The fourth-order valence-corrected chi connectivity index (χ4v) is 6.46. The van der Waals surface area contributed by atoms with Crippen molar-refractivity contribution in [3.63, 3.8) is 0 Å². The van der Waals surface area contributed by atoms with Gasteiger partial charge < -0.3 is 0 Å². The SMILES string of the molecule is CCOCC1(C)C=C[C]([Bi][C]2=CCC(C)(COCC)C=C2)=CC1. The maximum atomic E-state index is 5.62. The molecule has 3 heteroatoms. The summed E-state index contributed by atoms with van der Waals surface area (Å²) in [5.41, 5.74) is 0.376. The van der Waals surface area contributed by atoms with Crippen molar-refractivity contribution in [2.75, 3.05) is 26.4 Å². The molecule has 0 saturated carbocycles. The van der Waals surface area contributed by atoms with Gasteiger partial charge in [0.05, 0.1) is 0 Å². The molecule has 127 valence electrons. The summed E-state index contributed by atoms with van der Waals surface area (Å²) in [7, 11) is 0. The van der Waals surface area contributed by atoms with E-state index in [0.29, 0.717) is 0 Å². The van der Waals surface area contributed by atoms with E-state index >= 15 is 0 Å². The predicted octanol–water partition coefficient (Wildman–Crippen LogP) is 4.46. The van der Waals surface area contributed by atoms with Gasteiger partial charge in [0.1, 0.15) is 0 Å². The van der Waals surface area contributed by atoms with Crippen molar-refractivity contribution >= 4 is 23.2 Å². The van der Waals surface area contributed by atoms with Crippen molar-refractivity contribution in [2.24, 2.45) is 10.8 Å². The first-order valence-electron chi connectivity index (χ1n) is 8.65. The van der Waals surface area contributed by atoms with E-state index in [1.54, 1.807) is 6.56 Å². The van der Waals surface area contributed by atoms with E-state index in [4.69, 9.17) is 9.47 Å². The Bertz CT molecular complexity index is 472. The fourth-order valence-electron chi connectivity index (χ4n) is 2.72. The molecule has 0 amide bonds. The summed E-state index contributed by atoms with van der Waals surface area (Å²) in [5, 5.41) is 0. The third kappa shape index (κ3) is 5.96. The van der Waals surface area contributed by atoms with Gasteiger partial charge in [-0.05, 0) is 0 Å². The fraction of sp³-hybridized carbons (Fsp3) is 0.600. The Labute approximate surface area is 153 Å². The number of ether oxygens (including phenoxy) is 2. The summed E-state index contributed by atoms with van der Waals surface area (Å²) in [6.45, 7) is 12.0. The molecule has 1 radical (unpaired) electrons. The molecule has 2 atom stereocenters. The van der Waals surface area contributed by atoms with Crippen LogP contribution in [0.15, 0.2) is 43.0 Å². The summed E-state index contributed by atoms with van der Waals surface area (Å²) in [6.07, 6.45) is 16.6. The van der Waals surface area contributed by atoms with Crippen LogP contribution in [0.4, 0.5) is 0 Å². The van der Waals surface area contributed by atoms with Crippen LogP contribution in [0.25, 0.3) is 0 Å². The molecule has 0 fully saturated rings. The van der Waals surface area contributed by atoms with Crippen LogP contribution in [0, 0.1) is 10.8 Å². The van der Waals surface area contributed by atoms with Gasteiger partial charge in [-0.25, -0.2) is 0 Å². The number of allylic oxidation sites excluding steroid dienone is 6. The first-order chi connectivity index (χ1) is 11.0. The first-order valence-corrected chi connectivity index (χ1v) is 12.1. The molecule has 0 saturated heterocycles. The summed E-state index contributed by atoms with van der Waals surface area (Å²) in [6, 6.07) is 0. The van der Waals surface area contributed by atoms with Gasteiger partial charge in [0, 0.05) is 0 Å². The van der Waals surface area contributed by atoms with Crippen molar-refractivity contribution in [1.29, 1.82) is 0 Å². The van der Waals surface area contributed by atoms with Gasteiger partial charge in [0.25, 0.3) is 0 Å². The van der Waals surface area contributed by atoms with Crippen LogP contribution in [0.3, 0.4) is 0 Å². The van der Waals surface area contributed by atoms with Crippen LogP contribution in [0.1, 0.15) is 40.5 Å². The summed E-state index contributed by atoms with van der Waals surface area (Å²) < 4.78 is 14.4. The molecular formula is C20H30BiO2. The quantitative estimate of drug-likeness (QED) is 0.448. The molecule has 2 nitrogen and oxygen atoms in total. The standard InChI is InChI=1S/2C10H15O.Bi/c2*1-3-11-9-10(2)7-5-4-6-8-10;/h2*5-7H,3,8-9H2,1-2H3;. The van der Waals surface area contributed by atoms with Crippen LogP contribution in [0.2, 0.25) is 0 Å².